The molecule has 0 aliphatic carbocycles. The van der Waals surface area contributed by atoms with Crippen molar-refractivity contribution in [3.63, 3.8) is 0 Å². The lowest BCUT2D eigenvalue weighted by Crippen LogP contribution is -2.30. The number of carbonyl (C=O) groups is 3. The lowest BCUT2D eigenvalue weighted by atomic mass is 10.00. The second-order valence-corrected chi connectivity index (χ2v) is 7.71. The van der Waals surface area contributed by atoms with E-state index in [-0.39, 0.29) is 11.0 Å². The van der Waals surface area contributed by atoms with E-state index in [2.05, 4.69) is 15.6 Å². The fourth-order valence-corrected chi connectivity index (χ4v) is 2.94. The molecular formula is C18H17ClF3N3O3S. The van der Waals surface area contributed by atoms with Gasteiger partial charge in [-0.25, -0.2) is 4.98 Å². The molecule has 2 aromatic rings. The molecule has 6 nitrogen and oxygen atoms in total. The van der Waals surface area contributed by atoms with Crippen LogP contribution < -0.4 is 10.6 Å². The number of thiazole rings is 1. The molecule has 1 unspecified atom stereocenters. The third-order valence-electron chi connectivity index (χ3n) is 3.75. The van der Waals surface area contributed by atoms with E-state index in [4.69, 9.17) is 11.6 Å². The van der Waals surface area contributed by atoms with Crippen LogP contribution in [0.3, 0.4) is 0 Å². The Hall–Kier alpha value is -2.46. The van der Waals surface area contributed by atoms with Crippen LogP contribution >= 0.6 is 22.9 Å². The Labute approximate surface area is 173 Å². The zero-order chi connectivity index (χ0) is 21.8. The molecule has 0 fully saturated rings. The van der Waals surface area contributed by atoms with Crippen molar-refractivity contribution in [3.05, 3.63) is 40.9 Å². The molecule has 1 aromatic heterocycles. The number of Topliss-reactive ketones (excluding diaryl/α,β-unsaturated/α-hetero) is 1. The monoisotopic (exact) mass is 447 g/mol. The van der Waals surface area contributed by atoms with Crippen LogP contribution in [0, 0.1) is 5.92 Å². The molecule has 0 saturated heterocycles. The molecule has 1 atom stereocenters. The highest BCUT2D eigenvalue weighted by molar-refractivity contribution is 7.13. The van der Waals surface area contributed by atoms with Crippen molar-refractivity contribution in [3.8, 4) is 0 Å². The SMILES string of the molecule is CC(C)C(Cl)C(=O)Nc1c(C(=O)CC(=O)Nc2nccs2)cccc1C(F)(F)F. The van der Waals surface area contributed by atoms with Gasteiger partial charge < -0.3 is 10.6 Å². The molecule has 2 N–H and O–H groups in total. The number of rotatable bonds is 7. The molecule has 1 aromatic carbocycles. The summed E-state index contributed by atoms with van der Waals surface area (Å²) in [5.74, 6) is -2.86. The molecule has 0 aliphatic heterocycles. The zero-order valence-corrected chi connectivity index (χ0v) is 16.9. The maximum absolute atomic E-state index is 13.4. The summed E-state index contributed by atoms with van der Waals surface area (Å²) in [5.41, 5.74) is -2.36. The Morgan fingerprint density at radius 1 is 1.21 bits per heavy atom. The van der Waals surface area contributed by atoms with Crippen LogP contribution in [0.4, 0.5) is 24.0 Å². The Balaban J connectivity index is 2.33. The van der Waals surface area contributed by atoms with Gasteiger partial charge in [0.2, 0.25) is 11.8 Å². The predicted octanol–water partition coefficient (Wildman–Crippen LogP) is 4.58. The van der Waals surface area contributed by atoms with Gasteiger partial charge in [-0.05, 0) is 18.1 Å². The van der Waals surface area contributed by atoms with Gasteiger partial charge in [-0.15, -0.1) is 22.9 Å². The van der Waals surface area contributed by atoms with E-state index in [0.717, 1.165) is 29.5 Å². The maximum atomic E-state index is 13.4. The van der Waals surface area contributed by atoms with Crippen LogP contribution in [-0.4, -0.2) is 28.0 Å². The van der Waals surface area contributed by atoms with E-state index >= 15 is 0 Å². The first kappa shape index (κ1) is 22.8. The molecule has 0 aliphatic rings. The van der Waals surface area contributed by atoms with Gasteiger partial charge in [-0.1, -0.05) is 19.9 Å². The van der Waals surface area contributed by atoms with Crippen molar-refractivity contribution < 1.29 is 27.6 Å². The van der Waals surface area contributed by atoms with E-state index in [0.29, 0.717) is 0 Å². The third-order valence-corrected chi connectivity index (χ3v) is 5.14. The molecule has 2 amide bonds. The van der Waals surface area contributed by atoms with Crippen LogP contribution in [0.2, 0.25) is 0 Å². The van der Waals surface area contributed by atoms with E-state index in [1.54, 1.807) is 19.2 Å². The second-order valence-electron chi connectivity index (χ2n) is 6.35. The summed E-state index contributed by atoms with van der Waals surface area (Å²) in [5, 5.41) is 5.24. The predicted molar refractivity (Wildman–Crippen MR) is 104 cm³/mol. The Bertz CT molecular complexity index is 901. The first-order chi connectivity index (χ1) is 13.5. The summed E-state index contributed by atoms with van der Waals surface area (Å²) < 4.78 is 40.3. The molecule has 156 valence electrons. The largest absolute Gasteiger partial charge is 0.418 e. The zero-order valence-electron chi connectivity index (χ0n) is 15.3. The summed E-state index contributed by atoms with van der Waals surface area (Å²) in [4.78, 5) is 40.6. The van der Waals surface area contributed by atoms with Gasteiger partial charge in [0.05, 0.1) is 17.7 Å². The van der Waals surface area contributed by atoms with Crippen molar-refractivity contribution in [1.82, 2.24) is 4.98 Å². The molecule has 2 rings (SSSR count). The number of amides is 2. The van der Waals surface area contributed by atoms with Crippen molar-refractivity contribution in [2.45, 2.75) is 31.8 Å². The van der Waals surface area contributed by atoms with E-state index < -0.39 is 52.4 Å². The van der Waals surface area contributed by atoms with Crippen molar-refractivity contribution >= 4 is 51.4 Å². The van der Waals surface area contributed by atoms with Crippen LogP contribution in [0.5, 0.6) is 0 Å². The number of anilines is 2. The number of para-hydroxylation sites is 1. The lowest BCUT2D eigenvalue weighted by Gasteiger charge is -2.19. The van der Waals surface area contributed by atoms with Crippen LogP contribution in [0.15, 0.2) is 29.8 Å². The highest BCUT2D eigenvalue weighted by Gasteiger charge is 2.36. The standard InChI is InChI=1S/C18H17ClF3N3O3S/c1-9(2)14(19)16(28)25-15-10(4-3-5-11(15)18(20,21)22)12(26)8-13(27)24-17-23-6-7-29-17/h3-7,9,14H,8H2,1-2H3,(H,25,28)(H,23,24,27). The third kappa shape index (κ3) is 6.01. The van der Waals surface area contributed by atoms with Crippen LogP contribution in [0.25, 0.3) is 0 Å². The minimum atomic E-state index is -4.83. The van der Waals surface area contributed by atoms with E-state index in [1.807, 2.05) is 0 Å². The lowest BCUT2D eigenvalue weighted by molar-refractivity contribution is -0.137. The average molecular weight is 448 g/mol. The number of carbonyl (C=O) groups excluding carboxylic acids is 3. The van der Waals surface area contributed by atoms with Crippen LogP contribution in [-0.2, 0) is 15.8 Å². The van der Waals surface area contributed by atoms with Gasteiger partial charge >= 0.3 is 6.18 Å². The van der Waals surface area contributed by atoms with Gasteiger partial charge in [-0.2, -0.15) is 13.2 Å². The minimum Gasteiger partial charge on any atom is -0.324 e. The fraction of sp³-hybridized carbons (Fsp3) is 0.333. The van der Waals surface area contributed by atoms with Gasteiger partial charge in [-0.3, -0.25) is 14.4 Å². The molecule has 0 radical (unpaired) electrons. The van der Waals surface area contributed by atoms with Crippen molar-refractivity contribution in [2.75, 3.05) is 10.6 Å². The number of hydrogen-bond acceptors (Lipinski definition) is 5. The fourth-order valence-electron chi connectivity index (χ4n) is 2.34. The van der Waals surface area contributed by atoms with Gasteiger partial charge in [0.1, 0.15) is 5.38 Å². The Morgan fingerprint density at radius 3 is 2.45 bits per heavy atom. The minimum absolute atomic E-state index is 0.252. The van der Waals surface area contributed by atoms with E-state index in [1.165, 1.54) is 6.20 Å². The maximum Gasteiger partial charge on any atom is 0.418 e. The topological polar surface area (TPSA) is 88.2 Å². The number of benzene rings is 1. The first-order valence-corrected chi connectivity index (χ1v) is 9.70. The molecule has 0 saturated carbocycles. The Kier molecular flexibility index (Phi) is 7.37. The summed E-state index contributed by atoms with van der Waals surface area (Å²) in [6, 6.07) is 2.88. The molecule has 29 heavy (non-hydrogen) atoms. The van der Waals surface area contributed by atoms with Gasteiger partial charge in [0.25, 0.3) is 0 Å². The average Bonchev–Trinajstić information content (AvgIpc) is 3.12. The first-order valence-electron chi connectivity index (χ1n) is 8.38. The molecule has 0 bridgehead atoms. The van der Waals surface area contributed by atoms with E-state index in [9.17, 15) is 27.6 Å². The normalized spacial score (nSPS) is 12.5. The number of aromatic nitrogens is 1. The second kappa shape index (κ2) is 9.36. The molecule has 0 spiro atoms. The number of ketones is 1. The molecule has 1 heterocycles. The summed E-state index contributed by atoms with van der Waals surface area (Å²) in [6.07, 6.45) is -4.11. The van der Waals surface area contributed by atoms with Crippen LogP contribution in [0.1, 0.15) is 36.2 Å². The smallest absolute Gasteiger partial charge is 0.324 e. The summed E-state index contributed by atoms with van der Waals surface area (Å²) >= 11 is 7.05. The van der Waals surface area contributed by atoms with Gasteiger partial charge in [0, 0.05) is 17.1 Å². The number of hydrogen-bond donors (Lipinski definition) is 2. The van der Waals surface area contributed by atoms with Gasteiger partial charge in [0.15, 0.2) is 10.9 Å². The quantitative estimate of drug-likeness (QED) is 0.369. The number of nitrogens with one attached hydrogen (secondary N) is 2. The highest BCUT2D eigenvalue weighted by Crippen LogP contribution is 2.37. The molecule has 11 heteroatoms. The number of alkyl halides is 4. The number of halogens is 4. The summed E-state index contributed by atoms with van der Waals surface area (Å²) in [7, 11) is 0. The highest BCUT2D eigenvalue weighted by atomic mass is 35.5. The van der Waals surface area contributed by atoms with Crippen molar-refractivity contribution in [1.29, 1.82) is 0 Å². The molecular weight excluding hydrogens is 431 g/mol. The van der Waals surface area contributed by atoms with Crippen molar-refractivity contribution in [2.24, 2.45) is 5.92 Å². The Morgan fingerprint density at radius 2 is 1.90 bits per heavy atom. The number of nitrogens with zero attached hydrogens (tertiary/aromatic N) is 1. The summed E-state index contributed by atoms with van der Waals surface area (Å²) in [6.45, 7) is 3.25.